The van der Waals surface area contributed by atoms with E-state index < -0.39 is 11.7 Å². The number of amides is 1. The van der Waals surface area contributed by atoms with E-state index >= 15 is 0 Å². The van der Waals surface area contributed by atoms with Gasteiger partial charge in [0.1, 0.15) is 5.60 Å². The number of anilines is 1. The van der Waals surface area contributed by atoms with E-state index in [9.17, 15) is 9.59 Å². The molecule has 1 unspecified atom stereocenters. The molecule has 1 aliphatic carbocycles. The molecule has 0 spiro atoms. The van der Waals surface area contributed by atoms with Crippen LogP contribution in [0, 0.1) is 0 Å². The minimum Gasteiger partial charge on any atom is -0.443 e. The number of fused-ring (bicyclic) bond motifs is 1. The van der Waals surface area contributed by atoms with E-state index in [1.807, 2.05) is 6.08 Å². The monoisotopic (exact) mass is 401 g/mol. The Kier molecular flexibility index (Phi) is 5.35. The van der Waals surface area contributed by atoms with Crippen LogP contribution in [0.5, 0.6) is 0 Å². The van der Waals surface area contributed by atoms with Gasteiger partial charge in [-0.1, -0.05) is 6.92 Å². The number of hydrogen-bond acceptors (Lipinski definition) is 4. The summed E-state index contributed by atoms with van der Waals surface area (Å²) in [5.41, 5.74) is 3.24. The molecule has 0 saturated carbocycles. The van der Waals surface area contributed by atoms with Gasteiger partial charge in [0.15, 0.2) is 0 Å². The molecule has 0 bridgehead atoms. The predicted octanol–water partition coefficient (Wildman–Crippen LogP) is 4.34. The van der Waals surface area contributed by atoms with E-state index in [2.05, 4.69) is 11.9 Å². The summed E-state index contributed by atoms with van der Waals surface area (Å²) in [6.45, 7) is 7.44. The number of pyridine rings is 2. The Labute approximate surface area is 169 Å². The molecule has 1 amide bonds. The van der Waals surface area contributed by atoms with Crippen LogP contribution in [0.1, 0.15) is 44.9 Å². The van der Waals surface area contributed by atoms with Crippen molar-refractivity contribution < 1.29 is 9.53 Å². The Morgan fingerprint density at radius 2 is 2.07 bits per heavy atom. The Morgan fingerprint density at radius 3 is 2.68 bits per heavy atom. The zero-order valence-corrected chi connectivity index (χ0v) is 17.4. The lowest BCUT2D eigenvalue weighted by Crippen LogP contribution is -2.35. The summed E-state index contributed by atoms with van der Waals surface area (Å²) in [6.07, 6.45) is 4.84. The summed E-state index contributed by atoms with van der Waals surface area (Å²) in [5, 5.41) is 0. The summed E-state index contributed by atoms with van der Waals surface area (Å²) in [5.74, 6) is 0.548. The number of nitrogens with zero attached hydrogens (tertiary/aromatic N) is 3. The predicted molar refractivity (Wildman–Crippen MR) is 112 cm³/mol. The quantitative estimate of drug-likeness (QED) is 0.717. The first-order valence-electron chi connectivity index (χ1n) is 9.07. The zero-order chi connectivity index (χ0) is 20.6. The third kappa shape index (κ3) is 3.83. The SMILES string of the molecule is CC1C(CCl)=Cc2c(-n3ccc(N(C)C(=O)OC(C)(C)C)cc3=O)ccnc21. The Hall–Kier alpha value is -2.60. The van der Waals surface area contributed by atoms with E-state index in [0.29, 0.717) is 11.6 Å². The maximum atomic E-state index is 12.8. The van der Waals surface area contributed by atoms with Crippen LogP contribution in [-0.2, 0) is 4.74 Å². The van der Waals surface area contributed by atoms with Crippen molar-refractivity contribution in [1.82, 2.24) is 9.55 Å². The van der Waals surface area contributed by atoms with Crippen LogP contribution in [0.3, 0.4) is 0 Å². The highest BCUT2D eigenvalue weighted by Gasteiger charge is 2.25. The minimum absolute atomic E-state index is 0.126. The summed E-state index contributed by atoms with van der Waals surface area (Å²) < 4.78 is 6.90. The third-order valence-electron chi connectivity index (χ3n) is 4.67. The molecule has 1 aliphatic rings. The summed E-state index contributed by atoms with van der Waals surface area (Å²) in [4.78, 5) is 30.8. The topological polar surface area (TPSA) is 64.4 Å². The van der Waals surface area contributed by atoms with E-state index in [-0.39, 0.29) is 11.5 Å². The molecule has 0 saturated heterocycles. The van der Waals surface area contributed by atoms with Crippen molar-refractivity contribution in [3.63, 3.8) is 0 Å². The van der Waals surface area contributed by atoms with E-state index in [4.69, 9.17) is 16.3 Å². The largest absolute Gasteiger partial charge is 0.443 e. The lowest BCUT2D eigenvalue weighted by atomic mass is 10.0. The highest BCUT2D eigenvalue weighted by Crippen LogP contribution is 2.37. The van der Waals surface area contributed by atoms with Gasteiger partial charge in [-0.15, -0.1) is 11.6 Å². The average molecular weight is 402 g/mol. The van der Waals surface area contributed by atoms with Gasteiger partial charge < -0.3 is 4.74 Å². The normalized spacial score (nSPS) is 15.8. The van der Waals surface area contributed by atoms with Crippen molar-refractivity contribution in [1.29, 1.82) is 0 Å². The van der Waals surface area contributed by atoms with Crippen LogP contribution in [0.2, 0.25) is 0 Å². The molecule has 7 heteroatoms. The fourth-order valence-electron chi connectivity index (χ4n) is 3.13. The maximum Gasteiger partial charge on any atom is 0.414 e. The molecule has 0 N–H and O–H groups in total. The van der Waals surface area contributed by atoms with Gasteiger partial charge in [0.25, 0.3) is 5.56 Å². The molecule has 0 radical (unpaired) electrons. The van der Waals surface area contributed by atoms with Gasteiger partial charge in [0, 0.05) is 42.9 Å². The Morgan fingerprint density at radius 1 is 1.36 bits per heavy atom. The fourth-order valence-corrected chi connectivity index (χ4v) is 3.44. The Bertz CT molecular complexity index is 1000. The average Bonchev–Trinajstić information content (AvgIpc) is 2.96. The number of alkyl halides is 1. The molecule has 28 heavy (non-hydrogen) atoms. The Balaban J connectivity index is 1.97. The highest BCUT2D eigenvalue weighted by molar-refractivity contribution is 6.20. The second-order valence-electron chi connectivity index (χ2n) is 7.84. The lowest BCUT2D eigenvalue weighted by Gasteiger charge is -2.24. The number of allylic oxidation sites excluding steroid dienone is 1. The van der Waals surface area contributed by atoms with Crippen molar-refractivity contribution >= 4 is 29.5 Å². The second-order valence-corrected chi connectivity index (χ2v) is 8.10. The van der Waals surface area contributed by atoms with Crippen LogP contribution in [-0.4, -0.2) is 34.2 Å². The van der Waals surface area contributed by atoms with Crippen molar-refractivity contribution in [2.45, 2.75) is 39.2 Å². The van der Waals surface area contributed by atoms with Gasteiger partial charge in [0.05, 0.1) is 17.1 Å². The van der Waals surface area contributed by atoms with Gasteiger partial charge >= 0.3 is 6.09 Å². The number of carbonyl (C=O) groups excluding carboxylic acids is 1. The van der Waals surface area contributed by atoms with Gasteiger partial charge in [0.2, 0.25) is 0 Å². The first kappa shape index (κ1) is 20.1. The highest BCUT2D eigenvalue weighted by atomic mass is 35.5. The molecular weight excluding hydrogens is 378 g/mol. The molecule has 6 nitrogen and oxygen atoms in total. The lowest BCUT2D eigenvalue weighted by molar-refractivity contribution is 0.0589. The molecule has 2 heterocycles. The minimum atomic E-state index is -0.610. The molecule has 3 rings (SSSR count). The van der Waals surface area contributed by atoms with Gasteiger partial charge in [-0.3, -0.25) is 19.2 Å². The second kappa shape index (κ2) is 7.43. The van der Waals surface area contributed by atoms with Gasteiger partial charge in [-0.25, -0.2) is 4.79 Å². The van der Waals surface area contributed by atoms with E-state index in [1.54, 1.807) is 56.9 Å². The first-order valence-corrected chi connectivity index (χ1v) is 9.61. The van der Waals surface area contributed by atoms with Crippen LogP contribution >= 0.6 is 11.6 Å². The molecule has 148 valence electrons. The van der Waals surface area contributed by atoms with Crippen LogP contribution in [0.15, 0.2) is 41.0 Å². The van der Waals surface area contributed by atoms with Gasteiger partial charge in [-0.2, -0.15) is 0 Å². The molecule has 2 aromatic rings. The fraction of sp³-hybridized carbons (Fsp3) is 0.381. The summed E-state index contributed by atoms with van der Waals surface area (Å²) in [7, 11) is 1.58. The number of aromatic nitrogens is 2. The maximum absolute atomic E-state index is 12.8. The van der Waals surface area contributed by atoms with Crippen molar-refractivity contribution in [2.24, 2.45) is 0 Å². The van der Waals surface area contributed by atoms with Crippen LogP contribution < -0.4 is 10.5 Å². The molecule has 0 aliphatic heterocycles. The van der Waals surface area contributed by atoms with Crippen LogP contribution in [0.4, 0.5) is 10.5 Å². The van der Waals surface area contributed by atoms with Crippen molar-refractivity contribution in [3.8, 4) is 5.69 Å². The molecule has 0 fully saturated rings. The standard InChI is InChI=1S/C21H24ClN3O3/c1-13-14(12-22)10-16-17(6-8-23-19(13)16)25-9-7-15(11-18(25)26)24(5)20(27)28-21(2,3)4/h6-11,13H,12H2,1-5H3. The molecular formula is C21H24ClN3O3. The molecule has 2 aromatic heterocycles. The third-order valence-corrected chi connectivity index (χ3v) is 4.97. The summed E-state index contributed by atoms with van der Waals surface area (Å²) >= 11 is 6.04. The smallest absolute Gasteiger partial charge is 0.414 e. The first-order chi connectivity index (χ1) is 13.1. The number of rotatable bonds is 3. The van der Waals surface area contributed by atoms with Crippen LogP contribution in [0.25, 0.3) is 11.8 Å². The molecule has 1 atom stereocenters. The zero-order valence-electron chi connectivity index (χ0n) is 16.7. The summed E-state index contributed by atoms with van der Waals surface area (Å²) in [6, 6.07) is 4.93. The number of ether oxygens (including phenoxy) is 1. The number of hydrogen-bond donors (Lipinski definition) is 0. The van der Waals surface area contributed by atoms with Gasteiger partial charge in [-0.05, 0) is 44.6 Å². The van der Waals surface area contributed by atoms with E-state index in [0.717, 1.165) is 22.5 Å². The van der Waals surface area contributed by atoms with E-state index in [1.165, 1.54) is 11.0 Å². The van der Waals surface area contributed by atoms with Crippen molar-refractivity contribution in [3.05, 3.63) is 57.8 Å². The molecule has 0 aromatic carbocycles. The number of halogens is 1. The number of carbonyl (C=O) groups is 1. The van der Waals surface area contributed by atoms with Crippen molar-refractivity contribution in [2.75, 3.05) is 17.8 Å².